The summed E-state index contributed by atoms with van der Waals surface area (Å²) < 4.78 is 10.9. The molecule has 4 nitrogen and oxygen atoms in total. The van der Waals surface area contributed by atoms with E-state index in [2.05, 4.69) is 4.98 Å². The standard InChI is InChI=1S/C12H18N2O2S/c1-12(2,15-3)6-8-16-9-5-4-7-14-10(9)11(13)17/h4-5,7H,6,8H2,1-3H3,(H2,13,17). The number of rotatable bonds is 6. The molecule has 0 radical (unpaired) electrons. The van der Waals surface area contributed by atoms with Crippen LogP contribution in [0.15, 0.2) is 18.3 Å². The Bertz CT molecular complexity index is 394. The predicted molar refractivity (Wildman–Crippen MR) is 71.3 cm³/mol. The van der Waals surface area contributed by atoms with Crippen molar-refractivity contribution in [3.63, 3.8) is 0 Å². The molecule has 5 heteroatoms. The van der Waals surface area contributed by atoms with Crippen LogP contribution in [0.4, 0.5) is 0 Å². The lowest BCUT2D eigenvalue weighted by Crippen LogP contribution is -2.25. The highest BCUT2D eigenvalue weighted by molar-refractivity contribution is 7.80. The van der Waals surface area contributed by atoms with Crippen molar-refractivity contribution in [2.75, 3.05) is 13.7 Å². The highest BCUT2D eigenvalue weighted by Gasteiger charge is 2.16. The van der Waals surface area contributed by atoms with Crippen LogP contribution in [0.5, 0.6) is 5.75 Å². The van der Waals surface area contributed by atoms with Gasteiger partial charge < -0.3 is 15.2 Å². The summed E-state index contributed by atoms with van der Waals surface area (Å²) in [6.07, 6.45) is 2.41. The van der Waals surface area contributed by atoms with Crippen LogP contribution in [-0.2, 0) is 4.74 Å². The zero-order valence-electron chi connectivity index (χ0n) is 10.4. The third kappa shape index (κ3) is 4.28. The Hall–Kier alpha value is -1.20. The van der Waals surface area contributed by atoms with Crippen molar-refractivity contribution in [1.29, 1.82) is 0 Å². The average Bonchev–Trinajstić information content (AvgIpc) is 2.29. The molecule has 0 aliphatic carbocycles. The van der Waals surface area contributed by atoms with E-state index >= 15 is 0 Å². The molecule has 94 valence electrons. The molecule has 0 unspecified atom stereocenters. The molecule has 0 amide bonds. The van der Waals surface area contributed by atoms with Gasteiger partial charge in [0.25, 0.3) is 0 Å². The van der Waals surface area contributed by atoms with Gasteiger partial charge in [-0.15, -0.1) is 0 Å². The average molecular weight is 254 g/mol. The number of hydrogen-bond donors (Lipinski definition) is 1. The molecule has 1 aromatic heterocycles. The second-order valence-corrected chi connectivity index (χ2v) is 4.72. The zero-order valence-corrected chi connectivity index (χ0v) is 11.2. The van der Waals surface area contributed by atoms with Crippen LogP contribution in [0.25, 0.3) is 0 Å². The van der Waals surface area contributed by atoms with Gasteiger partial charge >= 0.3 is 0 Å². The Labute approximate surface area is 107 Å². The maximum atomic E-state index is 5.63. The number of methoxy groups -OCH3 is 1. The molecule has 0 atom stereocenters. The molecule has 1 heterocycles. The summed E-state index contributed by atoms with van der Waals surface area (Å²) in [5.41, 5.74) is 5.89. The predicted octanol–water partition coefficient (Wildman–Crippen LogP) is 1.91. The van der Waals surface area contributed by atoms with Gasteiger partial charge in [0.05, 0.1) is 12.2 Å². The first kappa shape index (κ1) is 13.9. The van der Waals surface area contributed by atoms with Crippen LogP contribution in [0, 0.1) is 0 Å². The first-order valence-corrected chi connectivity index (χ1v) is 5.80. The largest absolute Gasteiger partial charge is 0.491 e. The summed E-state index contributed by atoms with van der Waals surface area (Å²) in [4.78, 5) is 4.33. The quantitative estimate of drug-likeness (QED) is 0.786. The Morgan fingerprint density at radius 2 is 2.24 bits per heavy atom. The zero-order chi connectivity index (χ0) is 12.9. The summed E-state index contributed by atoms with van der Waals surface area (Å²) in [5, 5.41) is 0. The minimum absolute atomic E-state index is 0.203. The fourth-order valence-corrected chi connectivity index (χ4v) is 1.35. The maximum absolute atomic E-state index is 5.63. The second-order valence-electron chi connectivity index (χ2n) is 4.28. The molecule has 0 aromatic carbocycles. The molecular formula is C12H18N2O2S. The highest BCUT2D eigenvalue weighted by atomic mass is 32.1. The lowest BCUT2D eigenvalue weighted by Gasteiger charge is -2.22. The van der Waals surface area contributed by atoms with Crippen LogP contribution in [0.2, 0.25) is 0 Å². The Balaban J connectivity index is 2.61. The molecule has 0 aliphatic heterocycles. The van der Waals surface area contributed by atoms with Gasteiger partial charge in [-0.1, -0.05) is 12.2 Å². The number of thiocarbonyl (C=S) groups is 1. The van der Waals surface area contributed by atoms with Gasteiger partial charge in [0.2, 0.25) is 0 Å². The van der Waals surface area contributed by atoms with Gasteiger partial charge in [-0.2, -0.15) is 0 Å². The van der Waals surface area contributed by atoms with Crippen LogP contribution in [-0.4, -0.2) is 29.3 Å². The van der Waals surface area contributed by atoms with E-state index in [1.165, 1.54) is 0 Å². The van der Waals surface area contributed by atoms with E-state index in [1.807, 2.05) is 13.8 Å². The smallest absolute Gasteiger partial charge is 0.147 e. The summed E-state index contributed by atoms with van der Waals surface area (Å²) >= 11 is 4.91. The van der Waals surface area contributed by atoms with Crippen molar-refractivity contribution in [3.05, 3.63) is 24.0 Å². The minimum Gasteiger partial charge on any atom is -0.491 e. The second kappa shape index (κ2) is 5.93. The van der Waals surface area contributed by atoms with Crippen LogP contribution < -0.4 is 10.5 Å². The van der Waals surface area contributed by atoms with Crippen molar-refractivity contribution in [2.24, 2.45) is 5.73 Å². The molecule has 0 aliphatic rings. The molecule has 17 heavy (non-hydrogen) atoms. The summed E-state index contributed by atoms with van der Waals surface area (Å²) in [6.45, 7) is 4.55. The van der Waals surface area contributed by atoms with Crippen molar-refractivity contribution < 1.29 is 9.47 Å². The molecule has 2 N–H and O–H groups in total. The molecule has 1 rings (SSSR count). The monoisotopic (exact) mass is 254 g/mol. The van der Waals surface area contributed by atoms with Gasteiger partial charge in [-0.25, -0.2) is 4.98 Å². The number of aromatic nitrogens is 1. The topological polar surface area (TPSA) is 57.4 Å². The molecule has 0 bridgehead atoms. The third-order valence-corrected chi connectivity index (χ3v) is 2.71. The first-order chi connectivity index (χ1) is 7.96. The van der Waals surface area contributed by atoms with E-state index < -0.39 is 0 Å². The molecule has 0 saturated carbocycles. The van der Waals surface area contributed by atoms with Crippen molar-refractivity contribution in [1.82, 2.24) is 4.98 Å². The van der Waals surface area contributed by atoms with E-state index in [0.717, 1.165) is 6.42 Å². The van der Waals surface area contributed by atoms with Crippen molar-refractivity contribution in [3.8, 4) is 5.75 Å². The minimum atomic E-state index is -0.203. The Morgan fingerprint density at radius 1 is 1.53 bits per heavy atom. The number of ether oxygens (including phenoxy) is 2. The van der Waals surface area contributed by atoms with Crippen LogP contribution in [0.3, 0.4) is 0 Å². The molecular weight excluding hydrogens is 236 g/mol. The fraction of sp³-hybridized carbons (Fsp3) is 0.500. The third-order valence-electron chi connectivity index (χ3n) is 2.52. The Morgan fingerprint density at radius 3 is 2.82 bits per heavy atom. The van der Waals surface area contributed by atoms with E-state index in [9.17, 15) is 0 Å². The van der Waals surface area contributed by atoms with Gasteiger partial charge in [-0.05, 0) is 26.0 Å². The van der Waals surface area contributed by atoms with Gasteiger partial charge in [0, 0.05) is 19.7 Å². The lowest BCUT2D eigenvalue weighted by atomic mass is 10.1. The SMILES string of the molecule is COC(C)(C)CCOc1cccnc1C(N)=S. The van der Waals surface area contributed by atoms with E-state index in [1.54, 1.807) is 25.4 Å². The molecule has 0 saturated heterocycles. The highest BCUT2D eigenvalue weighted by Crippen LogP contribution is 2.18. The van der Waals surface area contributed by atoms with Gasteiger partial charge in [0.15, 0.2) is 0 Å². The summed E-state index contributed by atoms with van der Waals surface area (Å²) in [6, 6.07) is 3.60. The summed E-state index contributed by atoms with van der Waals surface area (Å²) in [5.74, 6) is 0.618. The van der Waals surface area contributed by atoms with Gasteiger partial charge in [0.1, 0.15) is 16.4 Å². The molecule has 0 fully saturated rings. The van der Waals surface area contributed by atoms with E-state index in [-0.39, 0.29) is 10.6 Å². The van der Waals surface area contributed by atoms with E-state index in [4.69, 9.17) is 27.4 Å². The van der Waals surface area contributed by atoms with Crippen LogP contribution in [0.1, 0.15) is 26.0 Å². The Kier molecular flexibility index (Phi) is 4.84. The fourth-order valence-electron chi connectivity index (χ4n) is 1.20. The van der Waals surface area contributed by atoms with Crippen molar-refractivity contribution in [2.45, 2.75) is 25.9 Å². The molecule has 1 aromatic rings. The molecule has 0 spiro atoms. The van der Waals surface area contributed by atoms with Gasteiger partial charge in [-0.3, -0.25) is 0 Å². The van der Waals surface area contributed by atoms with Crippen molar-refractivity contribution >= 4 is 17.2 Å². The van der Waals surface area contributed by atoms with E-state index in [0.29, 0.717) is 18.1 Å². The number of hydrogen-bond acceptors (Lipinski definition) is 4. The number of nitrogens with two attached hydrogens (primary N) is 1. The number of nitrogens with zero attached hydrogens (tertiary/aromatic N) is 1. The summed E-state index contributed by atoms with van der Waals surface area (Å²) in [7, 11) is 1.69. The normalized spacial score (nSPS) is 11.2. The maximum Gasteiger partial charge on any atom is 0.147 e. The first-order valence-electron chi connectivity index (χ1n) is 5.39. The number of pyridine rings is 1. The lowest BCUT2D eigenvalue weighted by molar-refractivity contribution is 0.00541. The van der Waals surface area contributed by atoms with Crippen LogP contribution >= 0.6 is 12.2 Å².